The predicted molar refractivity (Wildman–Crippen MR) is 82.9 cm³/mol. The molecule has 4 unspecified atom stereocenters. The van der Waals surface area contributed by atoms with E-state index in [9.17, 15) is 4.79 Å². The highest BCUT2D eigenvalue weighted by Gasteiger charge is 2.32. The molecule has 0 saturated heterocycles. The van der Waals surface area contributed by atoms with E-state index in [0.717, 1.165) is 43.7 Å². The summed E-state index contributed by atoms with van der Waals surface area (Å²) in [5.41, 5.74) is 2.36. The van der Waals surface area contributed by atoms with Gasteiger partial charge in [-0.2, -0.15) is 0 Å². The fraction of sp³-hybridized carbons (Fsp3) is 0.611. The molecule has 114 valence electrons. The third kappa shape index (κ3) is 3.13. The Bertz CT molecular complexity index is 514. The summed E-state index contributed by atoms with van der Waals surface area (Å²) in [5.74, 6) is 1.28. The number of esters is 1. The molecule has 2 aliphatic rings. The summed E-state index contributed by atoms with van der Waals surface area (Å²) in [4.78, 5) is 12.5. The molecule has 0 bridgehead atoms. The Morgan fingerprint density at radius 1 is 1.19 bits per heavy atom. The molecule has 1 aromatic carbocycles. The van der Waals surface area contributed by atoms with Gasteiger partial charge >= 0.3 is 5.97 Å². The molecule has 1 aromatic rings. The van der Waals surface area contributed by atoms with Crippen molar-refractivity contribution in [2.75, 3.05) is 6.54 Å². The van der Waals surface area contributed by atoms with Crippen molar-refractivity contribution in [3.8, 4) is 0 Å². The molecule has 0 amide bonds. The van der Waals surface area contributed by atoms with E-state index < -0.39 is 0 Å². The normalized spacial score (nSPS) is 32.3. The van der Waals surface area contributed by atoms with E-state index >= 15 is 0 Å². The van der Waals surface area contributed by atoms with Gasteiger partial charge in [0.05, 0.1) is 0 Å². The first-order valence-electron chi connectivity index (χ1n) is 8.17. The molecule has 1 aliphatic heterocycles. The van der Waals surface area contributed by atoms with Crippen LogP contribution in [0.2, 0.25) is 0 Å². The van der Waals surface area contributed by atoms with Crippen LogP contribution in [0.1, 0.15) is 50.3 Å². The number of ether oxygens (including phenoxy) is 1. The van der Waals surface area contributed by atoms with Gasteiger partial charge in [0.2, 0.25) is 0 Å². The minimum atomic E-state index is -0.287. The largest absolute Gasteiger partial charge is 0.461 e. The Morgan fingerprint density at radius 2 is 2.00 bits per heavy atom. The summed E-state index contributed by atoms with van der Waals surface area (Å²) in [7, 11) is 0. The lowest BCUT2D eigenvalue weighted by molar-refractivity contribution is -0.154. The Hall–Kier alpha value is -1.35. The van der Waals surface area contributed by atoms with E-state index in [1.807, 2.05) is 18.2 Å². The Kier molecular flexibility index (Phi) is 4.29. The molecule has 1 heterocycles. The number of carbonyl (C=O) groups excluding carboxylic acids is 1. The summed E-state index contributed by atoms with van der Waals surface area (Å²) in [5, 5.41) is 3.31. The summed E-state index contributed by atoms with van der Waals surface area (Å²) >= 11 is 0. The summed E-state index contributed by atoms with van der Waals surface area (Å²) < 4.78 is 5.80. The van der Waals surface area contributed by atoms with Crippen LogP contribution in [0.3, 0.4) is 0 Å². The summed E-state index contributed by atoms with van der Waals surface area (Å²) in [6.07, 6.45) is 4.25. The lowest BCUT2D eigenvalue weighted by Gasteiger charge is -2.33. The van der Waals surface area contributed by atoms with Crippen LogP contribution in [0, 0.1) is 11.8 Å². The van der Waals surface area contributed by atoms with Gasteiger partial charge in [-0.05, 0) is 48.6 Å². The predicted octanol–water partition coefficient (Wildman–Crippen LogP) is 3.24. The van der Waals surface area contributed by atoms with Gasteiger partial charge < -0.3 is 10.1 Å². The second-order valence-corrected chi connectivity index (χ2v) is 6.66. The van der Waals surface area contributed by atoms with Crippen molar-refractivity contribution >= 4 is 5.97 Å². The second kappa shape index (κ2) is 6.18. The summed E-state index contributed by atoms with van der Waals surface area (Å²) in [6, 6.07) is 7.90. The molecule has 21 heavy (non-hydrogen) atoms. The van der Waals surface area contributed by atoms with Gasteiger partial charge in [-0.3, -0.25) is 0 Å². The first kappa shape index (κ1) is 14.6. The van der Waals surface area contributed by atoms with Crippen LogP contribution in [0.15, 0.2) is 24.3 Å². The van der Waals surface area contributed by atoms with Crippen LogP contribution in [-0.2, 0) is 16.0 Å². The van der Waals surface area contributed by atoms with Crippen molar-refractivity contribution in [2.24, 2.45) is 11.8 Å². The second-order valence-electron chi connectivity index (χ2n) is 6.66. The van der Waals surface area contributed by atoms with Gasteiger partial charge in [0.1, 0.15) is 12.1 Å². The third-order valence-corrected chi connectivity index (χ3v) is 5.18. The average molecular weight is 287 g/mol. The number of fused-ring (bicyclic) bond motifs is 1. The number of carbonyl (C=O) groups is 1. The lowest BCUT2D eigenvalue weighted by Crippen LogP contribution is -2.38. The zero-order valence-electron chi connectivity index (χ0n) is 13.0. The standard InChI is InChI=1S/C18H25NO2/c1-12-7-8-15(11-13(12)2)21-18(20)17-16-6-4-3-5-14(16)9-10-19-17/h3-6,12-13,15,17,19H,7-11H2,1-2H3. The van der Waals surface area contributed by atoms with Crippen LogP contribution in [-0.4, -0.2) is 18.6 Å². The van der Waals surface area contributed by atoms with Gasteiger partial charge in [0, 0.05) is 6.54 Å². The smallest absolute Gasteiger partial charge is 0.328 e. The van der Waals surface area contributed by atoms with Gasteiger partial charge in [0.15, 0.2) is 0 Å². The van der Waals surface area contributed by atoms with Crippen molar-refractivity contribution in [3.63, 3.8) is 0 Å². The number of rotatable bonds is 2. The van der Waals surface area contributed by atoms with Crippen molar-refractivity contribution in [3.05, 3.63) is 35.4 Å². The van der Waals surface area contributed by atoms with E-state index in [1.54, 1.807) is 0 Å². The van der Waals surface area contributed by atoms with E-state index in [2.05, 4.69) is 25.2 Å². The van der Waals surface area contributed by atoms with E-state index in [1.165, 1.54) is 5.56 Å². The van der Waals surface area contributed by atoms with Crippen molar-refractivity contribution in [1.82, 2.24) is 5.32 Å². The van der Waals surface area contributed by atoms with Crippen LogP contribution in [0.4, 0.5) is 0 Å². The average Bonchev–Trinajstić information content (AvgIpc) is 2.50. The first-order valence-corrected chi connectivity index (χ1v) is 8.17. The SMILES string of the molecule is CC1CCC(OC(=O)C2NCCc3ccccc32)CC1C. The van der Waals surface area contributed by atoms with Crippen LogP contribution >= 0.6 is 0 Å². The molecule has 1 aliphatic carbocycles. The number of benzene rings is 1. The molecule has 0 radical (unpaired) electrons. The number of nitrogens with one attached hydrogen (secondary N) is 1. The number of hydrogen-bond donors (Lipinski definition) is 1. The quantitative estimate of drug-likeness (QED) is 0.849. The molecule has 0 spiro atoms. The Morgan fingerprint density at radius 3 is 2.81 bits per heavy atom. The van der Waals surface area contributed by atoms with Crippen LogP contribution < -0.4 is 5.32 Å². The zero-order valence-corrected chi connectivity index (χ0v) is 13.0. The molecule has 0 aromatic heterocycles. The minimum absolute atomic E-state index is 0.0968. The topological polar surface area (TPSA) is 38.3 Å². The highest BCUT2D eigenvalue weighted by molar-refractivity contribution is 5.78. The number of hydrogen-bond acceptors (Lipinski definition) is 3. The van der Waals surface area contributed by atoms with E-state index in [4.69, 9.17) is 4.74 Å². The molecule has 1 saturated carbocycles. The molecule has 3 nitrogen and oxygen atoms in total. The van der Waals surface area contributed by atoms with E-state index in [-0.39, 0.29) is 18.1 Å². The monoisotopic (exact) mass is 287 g/mol. The molecule has 3 rings (SSSR count). The Labute approximate surface area is 127 Å². The van der Waals surface area contributed by atoms with Gasteiger partial charge in [-0.25, -0.2) is 4.79 Å². The van der Waals surface area contributed by atoms with Crippen LogP contribution in [0.5, 0.6) is 0 Å². The maximum absolute atomic E-state index is 12.5. The van der Waals surface area contributed by atoms with Crippen LogP contribution in [0.25, 0.3) is 0 Å². The summed E-state index contributed by atoms with van der Waals surface area (Å²) in [6.45, 7) is 5.40. The fourth-order valence-corrected chi connectivity index (χ4v) is 3.55. The van der Waals surface area contributed by atoms with Crippen molar-refractivity contribution in [1.29, 1.82) is 0 Å². The third-order valence-electron chi connectivity index (χ3n) is 5.18. The maximum Gasteiger partial charge on any atom is 0.328 e. The molecule has 1 fully saturated rings. The molecular formula is C18H25NO2. The molecule has 4 atom stereocenters. The van der Waals surface area contributed by atoms with Gasteiger partial charge in [-0.15, -0.1) is 0 Å². The highest BCUT2D eigenvalue weighted by atomic mass is 16.5. The molecule has 1 N–H and O–H groups in total. The molecule has 3 heteroatoms. The first-order chi connectivity index (χ1) is 10.1. The highest BCUT2D eigenvalue weighted by Crippen LogP contribution is 2.32. The minimum Gasteiger partial charge on any atom is -0.461 e. The maximum atomic E-state index is 12.5. The zero-order chi connectivity index (χ0) is 14.8. The van der Waals surface area contributed by atoms with Crippen molar-refractivity contribution in [2.45, 2.75) is 51.7 Å². The lowest BCUT2D eigenvalue weighted by atomic mass is 9.80. The molecular weight excluding hydrogens is 262 g/mol. The fourth-order valence-electron chi connectivity index (χ4n) is 3.55. The van der Waals surface area contributed by atoms with E-state index in [0.29, 0.717) is 5.92 Å². The Balaban J connectivity index is 1.67. The van der Waals surface area contributed by atoms with Gasteiger partial charge in [0.25, 0.3) is 0 Å². The van der Waals surface area contributed by atoms with Crippen molar-refractivity contribution < 1.29 is 9.53 Å². The van der Waals surface area contributed by atoms with Gasteiger partial charge in [-0.1, -0.05) is 38.1 Å².